The third-order valence-electron chi connectivity index (χ3n) is 8.91. The molecule has 3 aromatic rings. The van der Waals surface area contributed by atoms with Crippen LogP contribution in [0.2, 0.25) is 0 Å². The van der Waals surface area contributed by atoms with Gasteiger partial charge in [0, 0.05) is 17.8 Å². The number of carbonyl (C=O) groups excluding carboxylic acids is 1. The van der Waals surface area contributed by atoms with Crippen LogP contribution >= 0.6 is 0 Å². The number of fused-ring (bicyclic) bond motifs is 5. The van der Waals surface area contributed by atoms with Crippen molar-refractivity contribution in [1.82, 2.24) is 0 Å². The first kappa shape index (κ1) is 22.5. The second-order valence-electron chi connectivity index (χ2n) is 10.9. The largest absolute Gasteiger partial charge is 0.489 e. The fraction of sp³-hybridized carbons (Fsp3) is 0.406. The Morgan fingerprint density at radius 3 is 2.31 bits per heavy atom. The molecule has 3 nitrogen and oxygen atoms in total. The molecular weight excluding hydrogens is 432 g/mol. The van der Waals surface area contributed by atoms with Gasteiger partial charge < -0.3 is 9.47 Å². The van der Waals surface area contributed by atoms with Crippen molar-refractivity contribution in [1.29, 1.82) is 0 Å². The Balaban J connectivity index is 1.18. The lowest BCUT2D eigenvalue weighted by Crippen LogP contribution is -2.48. The van der Waals surface area contributed by atoms with E-state index in [4.69, 9.17) is 9.47 Å². The summed E-state index contributed by atoms with van der Waals surface area (Å²) in [5, 5.41) is 0. The fourth-order valence-electron chi connectivity index (χ4n) is 7.21. The second kappa shape index (κ2) is 9.28. The molecule has 2 saturated carbocycles. The number of benzene rings is 3. The third-order valence-corrected chi connectivity index (χ3v) is 8.91. The van der Waals surface area contributed by atoms with Crippen molar-refractivity contribution in [2.75, 3.05) is 0 Å². The van der Waals surface area contributed by atoms with E-state index in [1.54, 1.807) is 0 Å². The highest BCUT2D eigenvalue weighted by molar-refractivity contribution is 5.88. The normalized spacial score (nSPS) is 29.2. The number of rotatable bonds is 6. The van der Waals surface area contributed by atoms with Gasteiger partial charge in [-0.2, -0.15) is 0 Å². The van der Waals surface area contributed by atoms with Crippen molar-refractivity contribution >= 4 is 5.78 Å². The van der Waals surface area contributed by atoms with Crippen molar-refractivity contribution in [3.8, 4) is 5.75 Å². The van der Waals surface area contributed by atoms with E-state index < -0.39 is 0 Å². The predicted octanol–water partition coefficient (Wildman–Crippen LogP) is 6.89. The number of hydrogen-bond acceptors (Lipinski definition) is 3. The summed E-state index contributed by atoms with van der Waals surface area (Å²) in [7, 11) is 0. The Bertz CT molecular complexity index is 1190. The summed E-state index contributed by atoms with van der Waals surface area (Å²) in [6.07, 6.45) is 5.12. The molecule has 0 saturated heterocycles. The second-order valence-corrected chi connectivity index (χ2v) is 10.9. The average Bonchev–Trinajstić information content (AvgIpc) is 3.22. The minimum absolute atomic E-state index is 0.0351. The quantitative estimate of drug-likeness (QED) is 0.397. The van der Waals surface area contributed by atoms with Gasteiger partial charge in [-0.3, -0.25) is 4.79 Å². The smallest absolute Gasteiger partial charge is 0.141 e. The van der Waals surface area contributed by atoms with Crippen LogP contribution in [0.15, 0.2) is 78.9 Å². The maximum absolute atomic E-state index is 13.7. The molecule has 0 bridgehead atoms. The highest BCUT2D eigenvalue weighted by Gasteiger charge is 2.58. The van der Waals surface area contributed by atoms with E-state index in [0.717, 1.165) is 37.0 Å². The zero-order valence-corrected chi connectivity index (χ0v) is 20.5. The van der Waals surface area contributed by atoms with Gasteiger partial charge in [-0.25, -0.2) is 0 Å². The van der Waals surface area contributed by atoms with Gasteiger partial charge in [0.1, 0.15) is 18.1 Å². The highest BCUT2D eigenvalue weighted by Crippen LogP contribution is 2.60. The molecule has 0 amide bonds. The molecule has 6 rings (SSSR count). The number of Topliss-reactive ketones (excluding diaryl/α,β-unsaturated/α-hetero) is 1. The van der Waals surface area contributed by atoms with E-state index in [-0.39, 0.29) is 17.4 Å². The molecular formula is C32H34O3. The Morgan fingerprint density at radius 2 is 1.57 bits per heavy atom. The molecule has 0 N–H and O–H groups in total. The van der Waals surface area contributed by atoms with Crippen molar-refractivity contribution in [3.63, 3.8) is 0 Å². The first-order chi connectivity index (χ1) is 17.1. The minimum Gasteiger partial charge on any atom is -0.489 e. The first-order valence-corrected chi connectivity index (χ1v) is 13.1. The SMILES string of the molecule is C[C@]12CC(=O)C3c4ccc(OCc5ccccc5)cc4CCC3C1CC[C@@H]2OCc1ccccc1. The lowest BCUT2D eigenvalue weighted by molar-refractivity contribution is -0.137. The maximum atomic E-state index is 13.7. The first-order valence-electron chi connectivity index (χ1n) is 13.1. The van der Waals surface area contributed by atoms with E-state index in [1.807, 2.05) is 24.3 Å². The summed E-state index contributed by atoms with van der Waals surface area (Å²) >= 11 is 0. The molecule has 0 heterocycles. The molecule has 3 aliphatic rings. The van der Waals surface area contributed by atoms with Gasteiger partial charge in [-0.05, 0) is 71.9 Å². The Kier molecular flexibility index (Phi) is 5.98. The van der Waals surface area contributed by atoms with Crippen LogP contribution in [0.1, 0.15) is 60.8 Å². The molecule has 0 spiro atoms. The van der Waals surface area contributed by atoms with Crippen molar-refractivity contribution in [2.45, 2.75) is 64.3 Å². The molecule has 0 aromatic heterocycles. The van der Waals surface area contributed by atoms with Gasteiger partial charge in [-0.1, -0.05) is 73.7 Å². The molecule has 3 aromatic carbocycles. The average molecular weight is 467 g/mol. The molecule has 5 atom stereocenters. The predicted molar refractivity (Wildman–Crippen MR) is 137 cm³/mol. The Labute approximate surface area is 208 Å². The molecule has 180 valence electrons. The fourth-order valence-corrected chi connectivity index (χ4v) is 7.21. The van der Waals surface area contributed by atoms with E-state index in [9.17, 15) is 4.79 Å². The van der Waals surface area contributed by atoms with Crippen molar-refractivity contribution in [3.05, 3.63) is 101 Å². The van der Waals surface area contributed by atoms with Crippen LogP contribution in [0.25, 0.3) is 0 Å². The molecule has 2 fully saturated rings. The van der Waals surface area contributed by atoms with Gasteiger partial charge in [-0.15, -0.1) is 0 Å². The molecule has 0 aliphatic heterocycles. The van der Waals surface area contributed by atoms with E-state index in [1.165, 1.54) is 16.7 Å². The highest BCUT2D eigenvalue weighted by atomic mass is 16.5. The molecule has 35 heavy (non-hydrogen) atoms. The molecule has 3 aliphatic carbocycles. The van der Waals surface area contributed by atoms with Crippen LogP contribution in [0.3, 0.4) is 0 Å². The Hall–Kier alpha value is -2.91. The standard InChI is InChI=1S/C32H34O3/c1-32-19-29(33)31-26-15-13-25(34-20-22-8-4-2-5-9-22)18-24(26)12-14-27(31)28(32)16-17-30(32)35-21-23-10-6-3-7-11-23/h2-11,13,15,18,27-28,30-31H,12,14,16-17,19-21H2,1H3/t27?,28?,30-,31?,32-/m0/s1. The summed E-state index contributed by atoms with van der Waals surface area (Å²) in [5.74, 6) is 2.31. The number of carbonyl (C=O) groups is 1. The van der Waals surface area contributed by atoms with Crippen LogP contribution < -0.4 is 4.74 Å². The zero-order valence-electron chi connectivity index (χ0n) is 20.5. The van der Waals surface area contributed by atoms with Gasteiger partial charge >= 0.3 is 0 Å². The lowest BCUT2D eigenvalue weighted by atomic mass is 9.55. The molecule has 0 radical (unpaired) electrons. The summed E-state index contributed by atoms with van der Waals surface area (Å²) in [6, 6.07) is 27.1. The van der Waals surface area contributed by atoms with E-state index >= 15 is 0 Å². The van der Waals surface area contributed by atoms with Crippen molar-refractivity contribution in [2.24, 2.45) is 17.3 Å². The summed E-state index contributed by atoms with van der Waals surface area (Å²) < 4.78 is 12.6. The van der Waals surface area contributed by atoms with Crippen LogP contribution in [0.4, 0.5) is 0 Å². The monoisotopic (exact) mass is 466 g/mol. The number of aryl methyl sites for hydroxylation is 1. The number of hydrogen-bond donors (Lipinski definition) is 0. The molecule has 3 heteroatoms. The molecule has 3 unspecified atom stereocenters. The lowest BCUT2D eigenvalue weighted by Gasteiger charge is -2.49. The van der Waals surface area contributed by atoms with Gasteiger partial charge in [0.25, 0.3) is 0 Å². The van der Waals surface area contributed by atoms with Crippen LogP contribution in [0.5, 0.6) is 5.75 Å². The van der Waals surface area contributed by atoms with Crippen LogP contribution in [0, 0.1) is 17.3 Å². The van der Waals surface area contributed by atoms with E-state index in [2.05, 4.69) is 61.5 Å². The number of ether oxygens (including phenoxy) is 2. The summed E-state index contributed by atoms with van der Waals surface area (Å²) in [4.78, 5) is 13.7. The zero-order chi connectivity index (χ0) is 23.8. The van der Waals surface area contributed by atoms with Crippen LogP contribution in [-0.4, -0.2) is 11.9 Å². The van der Waals surface area contributed by atoms with Gasteiger partial charge in [0.2, 0.25) is 0 Å². The van der Waals surface area contributed by atoms with Crippen molar-refractivity contribution < 1.29 is 14.3 Å². The van der Waals surface area contributed by atoms with Crippen LogP contribution in [-0.2, 0) is 29.2 Å². The van der Waals surface area contributed by atoms with Gasteiger partial charge in [0.15, 0.2) is 0 Å². The summed E-state index contributed by atoms with van der Waals surface area (Å²) in [5.41, 5.74) is 4.86. The maximum Gasteiger partial charge on any atom is 0.141 e. The minimum atomic E-state index is -0.0523. The Morgan fingerprint density at radius 1 is 0.857 bits per heavy atom. The number of ketones is 1. The summed E-state index contributed by atoms with van der Waals surface area (Å²) in [6.45, 7) is 3.52. The third kappa shape index (κ3) is 4.21. The topological polar surface area (TPSA) is 35.5 Å². The van der Waals surface area contributed by atoms with Gasteiger partial charge in [0.05, 0.1) is 12.7 Å². The van der Waals surface area contributed by atoms with E-state index in [0.29, 0.717) is 37.3 Å².